The van der Waals surface area contributed by atoms with Crippen LogP contribution in [0.5, 0.6) is 0 Å². The molecule has 0 atom stereocenters. The second-order valence-electron chi connectivity index (χ2n) is 12.1. The van der Waals surface area contributed by atoms with Crippen LogP contribution < -0.4 is 0 Å². The van der Waals surface area contributed by atoms with Crippen LogP contribution in [0.3, 0.4) is 0 Å². The van der Waals surface area contributed by atoms with E-state index in [2.05, 4.69) is 206 Å². The van der Waals surface area contributed by atoms with Gasteiger partial charge < -0.3 is 0 Å². The number of hydrogen-bond donors (Lipinski definition) is 0. The lowest BCUT2D eigenvalue weighted by atomic mass is 9.82. The van der Waals surface area contributed by atoms with Gasteiger partial charge in [0.25, 0.3) is 0 Å². The molecule has 0 amide bonds. The van der Waals surface area contributed by atoms with Crippen LogP contribution >= 0.6 is 0 Å². The normalized spacial score (nSPS) is 10.9. The number of benzene rings is 8. The van der Waals surface area contributed by atoms with Crippen molar-refractivity contribution in [1.82, 2.24) is 0 Å². The van der Waals surface area contributed by atoms with Crippen LogP contribution in [-0.4, -0.2) is 0 Å². The van der Waals surface area contributed by atoms with Crippen molar-refractivity contribution in [3.05, 3.63) is 206 Å². The molecule has 0 aromatic heterocycles. The third-order valence-corrected chi connectivity index (χ3v) is 9.09. The maximum absolute atomic E-state index is 2.41. The van der Waals surface area contributed by atoms with Crippen molar-refractivity contribution in [2.24, 2.45) is 0 Å². The SMILES string of the molecule is c1ccc(-c2cc(-c3c(-c4ccccc4)cccc3-c3ccccc3)cc(-c3c(-c4ccccc4)cccc3-c3ccccc3)c2)cc1. The first-order chi connectivity index (χ1) is 23.8. The van der Waals surface area contributed by atoms with E-state index in [-0.39, 0.29) is 0 Å². The van der Waals surface area contributed by atoms with E-state index in [1.807, 2.05) is 0 Å². The molecule has 0 saturated carbocycles. The van der Waals surface area contributed by atoms with Crippen LogP contribution in [0.15, 0.2) is 206 Å². The van der Waals surface area contributed by atoms with Gasteiger partial charge in [0.05, 0.1) is 0 Å². The summed E-state index contributed by atoms with van der Waals surface area (Å²) in [7, 11) is 0. The van der Waals surface area contributed by atoms with Crippen LogP contribution in [0.4, 0.5) is 0 Å². The predicted octanol–water partition coefficient (Wildman–Crippen LogP) is 13.4. The average Bonchev–Trinajstić information content (AvgIpc) is 3.19. The van der Waals surface area contributed by atoms with Crippen LogP contribution in [-0.2, 0) is 0 Å². The quantitative estimate of drug-likeness (QED) is 0.168. The Morgan fingerprint density at radius 1 is 0.167 bits per heavy atom. The van der Waals surface area contributed by atoms with Gasteiger partial charge in [0.2, 0.25) is 0 Å². The largest absolute Gasteiger partial charge is 0.0622 e. The van der Waals surface area contributed by atoms with Gasteiger partial charge in [-0.15, -0.1) is 0 Å². The molecule has 8 aromatic rings. The van der Waals surface area contributed by atoms with E-state index in [1.54, 1.807) is 0 Å². The van der Waals surface area contributed by atoms with Crippen LogP contribution in [0, 0.1) is 0 Å². The minimum absolute atomic E-state index is 1.19. The Balaban J connectivity index is 1.48. The molecule has 0 heteroatoms. The lowest BCUT2D eigenvalue weighted by Crippen LogP contribution is -1.95. The summed E-state index contributed by atoms with van der Waals surface area (Å²) in [6, 6.07) is 74.5. The third-order valence-electron chi connectivity index (χ3n) is 9.09. The number of hydrogen-bond acceptors (Lipinski definition) is 0. The van der Waals surface area contributed by atoms with Crippen molar-refractivity contribution in [2.75, 3.05) is 0 Å². The topological polar surface area (TPSA) is 0 Å². The highest BCUT2D eigenvalue weighted by Crippen LogP contribution is 2.46. The first kappa shape index (κ1) is 29.2. The van der Waals surface area contributed by atoms with E-state index in [0.717, 1.165) is 0 Å². The fraction of sp³-hybridized carbons (Fsp3) is 0. The highest BCUT2D eigenvalue weighted by atomic mass is 14.2. The summed E-state index contributed by atoms with van der Waals surface area (Å²) in [5, 5.41) is 0. The fourth-order valence-corrected chi connectivity index (χ4v) is 6.87. The summed E-state index contributed by atoms with van der Waals surface area (Å²) < 4.78 is 0. The Labute approximate surface area is 283 Å². The highest BCUT2D eigenvalue weighted by molar-refractivity contribution is 6.00. The molecule has 0 N–H and O–H groups in total. The zero-order valence-electron chi connectivity index (χ0n) is 26.6. The molecule has 0 heterocycles. The second kappa shape index (κ2) is 13.2. The van der Waals surface area contributed by atoms with Gasteiger partial charge in [-0.3, -0.25) is 0 Å². The smallest absolute Gasteiger partial charge is 0.00264 e. The molecule has 0 fully saturated rings. The highest BCUT2D eigenvalue weighted by Gasteiger charge is 2.19. The minimum Gasteiger partial charge on any atom is -0.0622 e. The lowest BCUT2D eigenvalue weighted by Gasteiger charge is -2.21. The first-order valence-electron chi connectivity index (χ1n) is 16.5. The predicted molar refractivity (Wildman–Crippen MR) is 204 cm³/mol. The van der Waals surface area contributed by atoms with Gasteiger partial charge in [-0.1, -0.05) is 188 Å². The molecule has 226 valence electrons. The van der Waals surface area contributed by atoms with E-state index >= 15 is 0 Å². The molecule has 0 saturated heterocycles. The molecule has 0 aliphatic carbocycles. The molecule has 0 bridgehead atoms. The Morgan fingerprint density at radius 2 is 0.417 bits per heavy atom. The van der Waals surface area contributed by atoms with Gasteiger partial charge in [0.1, 0.15) is 0 Å². The van der Waals surface area contributed by atoms with Crippen LogP contribution in [0.25, 0.3) is 77.9 Å². The molecule has 48 heavy (non-hydrogen) atoms. The minimum atomic E-state index is 1.19. The van der Waals surface area contributed by atoms with E-state index < -0.39 is 0 Å². The second-order valence-corrected chi connectivity index (χ2v) is 12.1. The average molecular weight is 611 g/mol. The molecular formula is C48H34. The zero-order chi connectivity index (χ0) is 32.1. The molecule has 0 unspecified atom stereocenters. The fourth-order valence-electron chi connectivity index (χ4n) is 6.87. The van der Waals surface area contributed by atoms with Gasteiger partial charge in [-0.2, -0.15) is 0 Å². The summed E-state index contributed by atoms with van der Waals surface area (Å²) in [6.07, 6.45) is 0. The summed E-state index contributed by atoms with van der Waals surface area (Å²) in [6.45, 7) is 0. The van der Waals surface area contributed by atoms with Crippen molar-refractivity contribution in [3.8, 4) is 77.9 Å². The molecule has 0 aliphatic rings. The zero-order valence-corrected chi connectivity index (χ0v) is 26.6. The van der Waals surface area contributed by atoms with Gasteiger partial charge in [-0.25, -0.2) is 0 Å². The molecule has 0 spiro atoms. The number of rotatable bonds is 7. The van der Waals surface area contributed by atoms with Crippen molar-refractivity contribution in [1.29, 1.82) is 0 Å². The van der Waals surface area contributed by atoms with Crippen molar-refractivity contribution >= 4 is 0 Å². The Bertz CT molecular complexity index is 2030. The summed E-state index contributed by atoms with van der Waals surface area (Å²) in [5.41, 5.74) is 16.9. The Hall–Kier alpha value is -6.24. The van der Waals surface area contributed by atoms with Gasteiger partial charge in [0.15, 0.2) is 0 Å². The summed E-state index contributed by atoms with van der Waals surface area (Å²) >= 11 is 0. The Morgan fingerprint density at radius 3 is 0.708 bits per heavy atom. The van der Waals surface area contributed by atoms with Crippen LogP contribution in [0.1, 0.15) is 0 Å². The molecule has 0 radical (unpaired) electrons. The first-order valence-corrected chi connectivity index (χ1v) is 16.5. The Kier molecular flexibility index (Phi) is 8.05. The molecule has 0 aliphatic heterocycles. The van der Waals surface area contributed by atoms with E-state index in [1.165, 1.54) is 77.9 Å². The van der Waals surface area contributed by atoms with Gasteiger partial charge in [-0.05, 0) is 96.1 Å². The van der Waals surface area contributed by atoms with Gasteiger partial charge >= 0.3 is 0 Å². The van der Waals surface area contributed by atoms with E-state index in [0.29, 0.717) is 0 Å². The molecular weight excluding hydrogens is 577 g/mol. The lowest BCUT2D eigenvalue weighted by molar-refractivity contribution is 1.53. The van der Waals surface area contributed by atoms with E-state index in [4.69, 9.17) is 0 Å². The van der Waals surface area contributed by atoms with Crippen molar-refractivity contribution in [3.63, 3.8) is 0 Å². The van der Waals surface area contributed by atoms with Crippen molar-refractivity contribution in [2.45, 2.75) is 0 Å². The van der Waals surface area contributed by atoms with Gasteiger partial charge in [0, 0.05) is 0 Å². The maximum atomic E-state index is 2.41. The molecule has 8 rings (SSSR count). The monoisotopic (exact) mass is 610 g/mol. The third kappa shape index (κ3) is 5.77. The summed E-state index contributed by atoms with van der Waals surface area (Å²) in [5.74, 6) is 0. The maximum Gasteiger partial charge on any atom is -0.00264 e. The summed E-state index contributed by atoms with van der Waals surface area (Å²) in [4.78, 5) is 0. The van der Waals surface area contributed by atoms with Crippen molar-refractivity contribution < 1.29 is 0 Å². The standard InChI is InChI=1S/C48H34/c1-6-18-35(19-7-1)40-32-41(47-43(36-20-8-2-9-21-36)28-16-29-44(47)37-22-10-3-11-23-37)34-42(33-40)48-45(38-24-12-4-13-25-38)30-17-31-46(48)39-26-14-5-15-27-39/h1-34H. The van der Waals surface area contributed by atoms with Crippen LogP contribution in [0.2, 0.25) is 0 Å². The molecule has 8 aromatic carbocycles. The van der Waals surface area contributed by atoms with E-state index in [9.17, 15) is 0 Å². The molecule has 0 nitrogen and oxygen atoms in total.